The summed E-state index contributed by atoms with van der Waals surface area (Å²) in [7, 11) is 0. The van der Waals surface area contributed by atoms with Crippen LogP contribution >= 0.6 is 0 Å². The smallest absolute Gasteiger partial charge is 0.295 e. The molecule has 0 aromatic carbocycles. The number of carbonyl (C=O) groups excluding carboxylic acids is 1. The Bertz CT molecular complexity index is 256. The Kier molecular flexibility index (Phi) is 2.03. The Balaban J connectivity index is 1.85. The third-order valence-electron chi connectivity index (χ3n) is 3.52. The molecule has 0 aliphatic heterocycles. The normalized spacial score (nSPS) is 24.2. The molecule has 0 aromatic heterocycles. The fourth-order valence-electron chi connectivity index (χ4n) is 2.36. The molecular formula is C11H15NO. The molecule has 1 N–H and O–H groups in total. The van der Waals surface area contributed by atoms with Gasteiger partial charge in [-0.2, -0.15) is 0 Å². The first-order chi connectivity index (χ1) is 6.27. The van der Waals surface area contributed by atoms with E-state index in [9.17, 15) is 4.79 Å². The zero-order valence-electron chi connectivity index (χ0n) is 7.81. The summed E-state index contributed by atoms with van der Waals surface area (Å²) in [4.78, 5) is 10.9. The van der Waals surface area contributed by atoms with Crippen molar-refractivity contribution in [3.05, 3.63) is 0 Å². The maximum Gasteiger partial charge on any atom is 0.295 e. The number of hydrogen-bond donors (Lipinski definition) is 1. The molecule has 0 atom stereocenters. The molecule has 1 amide bonds. The molecule has 0 aromatic rings. The van der Waals surface area contributed by atoms with Crippen LogP contribution in [0.4, 0.5) is 0 Å². The van der Waals surface area contributed by atoms with Crippen LogP contribution in [0, 0.1) is 23.7 Å². The van der Waals surface area contributed by atoms with E-state index >= 15 is 0 Å². The average molecular weight is 177 g/mol. The van der Waals surface area contributed by atoms with E-state index in [1.54, 1.807) is 0 Å². The summed E-state index contributed by atoms with van der Waals surface area (Å²) < 4.78 is 0. The molecule has 0 radical (unpaired) electrons. The third-order valence-corrected chi connectivity index (χ3v) is 3.52. The summed E-state index contributed by atoms with van der Waals surface area (Å²) in [5.74, 6) is 2.71. The molecule has 2 aliphatic rings. The fourth-order valence-corrected chi connectivity index (χ4v) is 2.36. The van der Waals surface area contributed by atoms with E-state index in [0.29, 0.717) is 5.41 Å². The Morgan fingerprint density at radius 1 is 1.54 bits per heavy atom. The topological polar surface area (TPSA) is 29.1 Å². The molecule has 0 unspecified atom stereocenters. The summed E-state index contributed by atoms with van der Waals surface area (Å²) in [5.41, 5.74) is 0.437. The first-order valence-electron chi connectivity index (χ1n) is 5.01. The molecule has 2 fully saturated rings. The molecule has 70 valence electrons. The molecule has 0 saturated heterocycles. The van der Waals surface area contributed by atoms with Gasteiger partial charge in [0, 0.05) is 6.54 Å². The van der Waals surface area contributed by atoms with Gasteiger partial charge in [-0.25, -0.2) is 0 Å². The van der Waals surface area contributed by atoms with Crippen LogP contribution in [0.5, 0.6) is 0 Å². The van der Waals surface area contributed by atoms with Gasteiger partial charge in [-0.05, 0) is 42.9 Å². The number of nitrogens with one attached hydrogen (secondary N) is 1. The van der Waals surface area contributed by atoms with Gasteiger partial charge >= 0.3 is 0 Å². The molecule has 2 rings (SSSR count). The highest BCUT2D eigenvalue weighted by molar-refractivity contribution is 5.92. The Morgan fingerprint density at radius 3 is 2.62 bits per heavy atom. The van der Waals surface area contributed by atoms with E-state index in [4.69, 9.17) is 6.42 Å². The second kappa shape index (κ2) is 3.06. The largest absolute Gasteiger partial charge is 0.345 e. The summed E-state index contributed by atoms with van der Waals surface area (Å²) in [6, 6.07) is 0. The predicted octanol–water partition coefficient (Wildman–Crippen LogP) is 1.32. The Hall–Kier alpha value is -0.970. The van der Waals surface area contributed by atoms with Gasteiger partial charge in [0.25, 0.3) is 5.91 Å². The van der Waals surface area contributed by atoms with E-state index in [1.807, 2.05) is 0 Å². The maximum absolute atomic E-state index is 10.9. The molecule has 2 nitrogen and oxygen atoms in total. The van der Waals surface area contributed by atoms with Gasteiger partial charge in [-0.15, -0.1) is 6.42 Å². The fraction of sp³-hybridized carbons (Fsp3) is 0.727. The third kappa shape index (κ3) is 1.56. The average Bonchev–Trinajstić information content (AvgIpc) is 2.86. The van der Waals surface area contributed by atoms with Gasteiger partial charge in [0.2, 0.25) is 0 Å². The first-order valence-corrected chi connectivity index (χ1v) is 5.01. The standard InChI is InChI=1S/C11H15NO/c1-2-10(13)12-8-11(6-3-7-11)9-4-5-9/h1,9H,3-8H2,(H,12,13). The van der Waals surface area contributed by atoms with Crippen molar-refractivity contribution in [3.63, 3.8) is 0 Å². The lowest BCUT2D eigenvalue weighted by atomic mass is 9.65. The second-order valence-corrected chi connectivity index (χ2v) is 4.32. The van der Waals surface area contributed by atoms with Crippen molar-refractivity contribution >= 4 is 5.91 Å². The van der Waals surface area contributed by atoms with E-state index in [-0.39, 0.29) is 5.91 Å². The highest BCUT2D eigenvalue weighted by atomic mass is 16.1. The minimum absolute atomic E-state index is 0.257. The summed E-state index contributed by atoms with van der Waals surface area (Å²) in [6.45, 7) is 0.806. The van der Waals surface area contributed by atoms with Crippen LogP contribution in [-0.2, 0) is 4.79 Å². The van der Waals surface area contributed by atoms with Crippen molar-refractivity contribution in [2.75, 3.05) is 6.54 Å². The highest BCUT2D eigenvalue weighted by Gasteiger charge is 2.48. The van der Waals surface area contributed by atoms with Crippen LogP contribution in [0.2, 0.25) is 0 Å². The monoisotopic (exact) mass is 177 g/mol. The molecule has 2 aliphatic carbocycles. The van der Waals surface area contributed by atoms with Crippen LogP contribution in [0.15, 0.2) is 0 Å². The van der Waals surface area contributed by atoms with E-state index in [2.05, 4.69) is 11.2 Å². The van der Waals surface area contributed by atoms with Gasteiger partial charge in [0.15, 0.2) is 0 Å². The van der Waals surface area contributed by atoms with Crippen molar-refractivity contribution in [1.82, 2.24) is 5.32 Å². The first kappa shape index (κ1) is 8.62. The van der Waals surface area contributed by atoms with Crippen molar-refractivity contribution in [3.8, 4) is 12.3 Å². The molecule has 0 bridgehead atoms. The van der Waals surface area contributed by atoms with Crippen molar-refractivity contribution < 1.29 is 4.79 Å². The predicted molar refractivity (Wildman–Crippen MR) is 50.9 cm³/mol. The van der Waals surface area contributed by atoms with E-state index in [0.717, 1.165) is 12.5 Å². The Labute approximate surface area is 79.1 Å². The van der Waals surface area contributed by atoms with Crippen molar-refractivity contribution in [2.45, 2.75) is 32.1 Å². The van der Waals surface area contributed by atoms with Crippen molar-refractivity contribution in [1.29, 1.82) is 0 Å². The Morgan fingerprint density at radius 2 is 2.23 bits per heavy atom. The van der Waals surface area contributed by atoms with Crippen molar-refractivity contribution in [2.24, 2.45) is 11.3 Å². The van der Waals surface area contributed by atoms with Crippen LogP contribution in [0.25, 0.3) is 0 Å². The van der Waals surface area contributed by atoms with Gasteiger partial charge in [0.05, 0.1) is 0 Å². The van der Waals surface area contributed by atoms with E-state index < -0.39 is 0 Å². The van der Waals surface area contributed by atoms with Gasteiger partial charge in [-0.3, -0.25) is 4.79 Å². The van der Waals surface area contributed by atoms with E-state index in [1.165, 1.54) is 32.1 Å². The van der Waals surface area contributed by atoms with Crippen LogP contribution in [0.3, 0.4) is 0 Å². The number of amides is 1. The lowest BCUT2D eigenvalue weighted by Gasteiger charge is -2.42. The van der Waals surface area contributed by atoms with Gasteiger partial charge < -0.3 is 5.32 Å². The molecule has 2 saturated carbocycles. The summed E-state index contributed by atoms with van der Waals surface area (Å²) in [6.07, 6.45) is 11.6. The van der Waals surface area contributed by atoms with Gasteiger partial charge in [0.1, 0.15) is 0 Å². The minimum atomic E-state index is -0.257. The van der Waals surface area contributed by atoms with Gasteiger partial charge in [-0.1, -0.05) is 6.42 Å². The summed E-state index contributed by atoms with van der Waals surface area (Å²) >= 11 is 0. The highest BCUT2D eigenvalue weighted by Crippen LogP contribution is 2.56. The number of rotatable bonds is 3. The van der Waals surface area contributed by atoms with Crippen LogP contribution in [-0.4, -0.2) is 12.5 Å². The SMILES string of the molecule is C#CC(=O)NCC1(C2CC2)CCC1. The number of hydrogen-bond acceptors (Lipinski definition) is 1. The maximum atomic E-state index is 10.9. The molecule has 0 spiro atoms. The quantitative estimate of drug-likeness (QED) is 0.647. The number of carbonyl (C=O) groups is 1. The molecule has 2 heteroatoms. The zero-order chi connectivity index (χ0) is 9.31. The summed E-state index contributed by atoms with van der Waals surface area (Å²) in [5, 5.41) is 2.82. The lowest BCUT2D eigenvalue weighted by molar-refractivity contribution is -0.116. The molecule has 0 heterocycles. The second-order valence-electron chi connectivity index (χ2n) is 4.32. The number of terminal acetylenes is 1. The molecule has 13 heavy (non-hydrogen) atoms. The zero-order valence-corrected chi connectivity index (χ0v) is 7.81. The lowest BCUT2D eigenvalue weighted by Crippen LogP contribution is -2.43. The minimum Gasteiger partial charge on any atom is -0.345 e. The van der Waals surface area contributed by atoms with Crippen LogP contribution in [0.1, 0.15) is 32.1 Å². The van der Waals surface area contributed by atoms with Crippen LogP contribution < -0.4 is 5.32 Å². The molecular weight excluding hydrogens is 162 g/mol.